The van der Waals surface area contributed by atoms with Crippen LogP contribution >= 0.6 is 0 Å². The zero-order valence-electron chi connectivity index (χ0n) is 20.0. The van der Waals surface area contributed by atoms with E-state index in [9.17, 15) is 14.0 Å². The van der Waals surface area contributed by atoms with Gasteiger partial charge in [-0.3, -0.25) is 9.59 Å². The summed E-state index contributed by atoms with van der Waals surface area (Å²) in [4.78, 5) is 40.9. The Hall–Kier alpha value is -3.72. The molecule has 4 N–H and O–H groups in total. The molecule has 6 rings (SSSR count). The lowest BCUT2D eigenvalue weighted by atomic mass is 9.99. The topological polar surface area (TPSA) is 111 Å². The summed E-state index contributed by atoms with van der Waals surface area (Å²) in [6.45, 7) is 3.85. The third-order valence-corrected chi connectivity index (χ3v) is 7.65. The number of aromatic amines is 2. The number of imidazole rings is 1. The maximum absolute atomic E-state index is 14.5. The number of piperidine rings is 2. The fraction of sp³-hybridized carbons (Fsp3) is 0.370. The molecular formula is C27H29FN6O2. The van der Waals surface area contributed by atoms with E-state index in [1.807, 2.05) is 4.90 Å². The molecular weight excluding hydrogens is 459 g/mol. The van der Waals surface area contributed by atoms with E-state index in [0.717, 1.165) is 25.9 Å². The number of nitrogens with two attached hydrogens (primary N) is 1. The summed E-state index contributed by atoms with van der Waals surface area (Å²) < 4.78 is 14.5. The van der Waals surface area contributed by atoms with Crippen LogP contribution in [0, 0.1) is 5.82 Å². The Morgan fingerprint density at radius 3 is 2.56 bits per heavy atom. The van der Waals surface area contributed by atoms with Crippen LogP contribution in [0.4, 0.5) is 10.1 Å². The molecule has 0 unspecified atom stereocenters. The molecule has 2 fully saturated rings. The van der Waals surface area contributed by atoms with Crippen molar-refractivity contribution in [1.82, 2.24) is 24.8 Å². The highest BCUT2D eigenvalue weighted by molar-refractivity contribution is 6.00. The van der Waals surface area contributed by atoms with Crippen molar-refractivity contribution in [2.24, 2.45) is 0 Å². The van der Waals surface area contributed by atoms with Gasteiger partial charge in [0.05, 0.1) is 27.6 Å². The molecule has 36 heavy (non-hydrogen) atoms. The molecule has 0 radical (unpaired) electrons. The Balaban J connectivity index is 1.25. The van der Waals surface area contributed by atoms with Gasteiger partial charge in [-0.2, -0.15) is 0 Å². The summed E-state index contributed by atoms with van der Waals surface area (Å²) in [6.07, 6.45) is 5.88. The summed E-state index contributed by atoms with van der Waals surface area (Å²) in [5.74, 6) is -0.285. The van der Waals surface area contributed by atoms with E-state index in [2.05, 4.69) is 19.9 Å². The van der Waals surface area contributed by atoms with E-state index in [-0.39, 0.29) is 28.4 Å². The lowest BCUT2D eigenvalue weighted by Gasteiger charge is -2.40. The second-order valence-corrected chi connectivity index (χ2v) is 9.84. The van der Waals surface area contributed by atoms with Crippen molar-refractivity contribution < 1.29 is 9.18 Å². The smallest absolute Gasteiger partial charge is 0.261 e. The van der Waals surface area contributed by atoms with Crippen LogP contribution in [-0.4, -0.2) is 62.9 Å². The second kappa shape index (κ2) is 9.05. The maximum atomic E-state index is 14.5. The number of carbonyl (C=O) groups is 1. The molecule has 2 aromatic carbocycles. The van der Waals surface area contributed by atoms with Gasteiger partial charge in [-0.1, -0.05) is 12.5 Å². The lowest BCUT2D eigenvalue weighted by Crippen LogP contribution is -2.48. The molecule has 0 aliphatic carbocycles. The first-order valence-corrected chi connectivity index (χ1v) is 12.6. The number of H-pyrrole nitrogens is 2. The minimum absolute atomic E-state index is 0.00437. The number of anilines is 1. The molecule has 186 valence electrons. The standard InChI is InChI=1S/C27H29FN6O2/c28-18-5-4-6-20-22(18)24(29)23(26(35)32-20)25-30-19-8-7-16(15-21(19)31-25)27(36)34-13-9-17(10-14-34)33-11-2-1-3-12-33/h4-8,15,17H,1-3,9-14H2,(H,30,31)(H3,29,32,35). The minimum Gasteiger partial charge on any atom is -0.397 e. The quantitative estimate of drug-likeness (QED) is 0.405. The number of nitrogen functional groups attached to an aromatic ring is 1. The number of hydrogen-bond donors (Lipinski definition) is 3. The number of nitrogens with one attached hydrogen (secondary N) is 2. The molecule has 0 atom stereocenters. The van der Waals surface area contributed by atoms with Crippen LogP contribution in [0.3, 0.4) is 0 Å². The molecule has 0 bridgehead atoms. The van der Waals surface area contributed by atoms with Gasteiger partial charge in [0.15, 0.2) is 0 Å². The number of carbonyl (C=O) groups excluding carboxylic acids is 1. The molecule has 0 saturated carbocycles. The molecule has 2 saturated heterocycles. The molecule has 2 aliphatic heterocycles. The van der Waals surface area contributed by atoms with Crippen LogP contribution in [0.25, 0.3) is 33.3 Å². The zero-order chi connectivity index (χ0) is 24.8. The molecule has 8 nitrogen and oxygen atoms in total. The SMILES string of the molecule is Nc1c(-c2nc3ccc(C(=O)N4CCC(N5CCCCC5)CC4)cc3[nH]2)c(=O)[nH]c2cccc(F)c12. The van der Waals surface area contributed by atoms with Crippen LogP contribution in [0.1, 0.15) is 42.5 Å². The Labute approximate surface area is 207 Å². The summed E-state index contributed by atoms with van der Waals surface area (Å²) in [5, 5.41) is 0.149. The van der Waals surface area contributed by atoms with E-state index in [1.54, 1.807) is 24.3 Å². The molecule has 2 aliphatic rings. The van der Waals surface area contributed by atoms with Crippen molar-refractivity contribution in [3.8, 4) is 11.4 Å². The van der Waals surface area contributed by atoms with E-state index in [4.69, 9.17) is 5.73 Å². The first-order chi connectivity index (χ1) is 17.5. The minimum atomic E-state index is -0.518. The number of pyridine rings is 1. The number of fused-ring (bicyclic) bond motifs is 2. The zero-order valence-corrected chi connectivity index (χ0v) is 20.0. The Morgan fingerprint density at radius 2 is 1.78 bits per heavy atom. The number of benzene rings is 2. The van der Waals surface area contributed by atoms with Gasteiger partial charge in [0.2, 0.25) is 0 Å². The van der Waals surface area contributed by atoms with Crippen molar-refractivity contribution in [3.05, 3.63) is 58.1 Å². The normalized spacial score (nSPS) is 17.8. The van der Waals surface area contributed by atoms with Gasteiger partial charge in [0, 0.05) is 24.7 Å². The summed E-state index contributed by atoms with van der Waals surface area (Å²) >= 11 is 0. The van der Waals surface area contributed by atoms with Gasteiger partial charge in [0.1, 0.15) is 17.2 Å². The Bertz CT molecular complexity index is 1510. The van der Waals surface area contributed by atoms with Crippen molar-refractivity contribution in [1.29, 1.82) is 0 Å². The second-order valence-electron chi connectivity index (χ2n) is 9.84. The van der Waals surface area contributed by atoms with Crippen molar-refractivity contribution in [2.75, 3.05) is 31.9 Å². The molecule has 0 spiro atoms. The maximum Gasteiger partial charge on any atom is 0.261 e. The number of halogens is 1. The van der Waals surface area contributed by atoms with Crippen LogP contribution in [-0.2, 0) is 0 Å². The molecule has 1 amide bonds. The Morgan fingerprint density at radius 1 is 1.00 bits per heavy atom. The van der Waals surface area contributed by atoms with Crippen molar-refractivity contribution >= 4 is 33.5 Å². The number of aromatic nitrogens is 3. The highest BCUT2D eigenvalue weighted by Crippen LogP contribution is 2.30. The monoisotopic (exact) mass is 488 g/mol. The molecule has 9 heteroatoms. The fourth-order valence-electron chi connectivity index (χ4n) is 5.73. The molecule has 4 heterocycles. The van der Waals surface area contributed by atoms with Crippen molar-refractivity contribution in [3.63, 3.8) is 0 Å². The van der Waals surface area contributed by atoms with Crippen molar-refractivity contribution in [2.45, 2.75) is 38.1 Å². The van der Waals surface area contributed by atoms with Crippen LogP contribution < -0.4 is 11.3 Å². The predicted molar refractivity (Wildman–Crippen MR) is 138 cm³/mol. The third kappa shape index (κ3) is 3.93. The lowest BCUT2D eigenvalue weighted by molar-refractivity contribution is 0.0590. The van der Waals surface area contributed by atoms with E-state index in [0.29, 0.717) is 28.2 Å². The van der Waals surface area contributed by atoms with Crippen LogP contribution in [0.15, 0.2) is 41.2 Å². The summed E-state index contributed by atoms with van der Waals surface area (Å²) in [5.41, 5.74) is 7.99. The van der Waals surface area contributed by atoms with Gasteiger partial charge in [-0.25, -0.2) is 9.37 Å². The van der Waals surface area contributed by atoms with Gasteiger partial charge >= 0.3 is 0 Å². The third-order valence-electron chi connectivity index (χ3n) is 7.65. The average Bonchev–Trinajstić information content (AvgIpc) is 3.31. The molecule has 2 aromatic heterocycles. The van der Waals surface area contributed by atoms with Crippen LogP contribution in [0.2, 0.25) is 0 Å². The van der Waals surface area contributed by atoms with E-state index in [1.165, 1.54) is 44.5 Å². The number of likely N-dealkylation sites (tertiary alicyclic amines) is 2. The number of hydrogen-bond acceptors (Lipinski definition) is 5. The fourth-order valence-corrected chi connectivity index (χ4v) is 5.73. The molecule has 4 aromatic rings. The van der Waals surface area contributed by atoms with Gasteiger partial charge in [0.25, 0.3) is 11.5 Å². The van der Waals surface area contributed by atoms with Gasteiger partial charge < -0.3 is 25.5 Å². The van der Waals surface area contributed by atoms with Crippen LogP contribution in [0.5, 0.6) is 0 Å². The largest absolute Gasteiger partial charge is 0.397 e. The van der Waals surface area contributed by atoms with Gasteiger partial charge in [-0.05, 0) is 69.1 Å². The number of rotatable bonds is 3. The highest BCUT2D eigenvalue weighted by atomic mass is 19.1. The first kappa shape index (κ1) is 22.7. The Kier molecular flexibility index (Phi) is 5.72. The van der Waals surface area contributed by atoms with Gasteiger partial charge in [-0.15, -0.1) is 0 Å². The summed E-state index contributed by atoms with van der Waals surface area (Å²) in [6, 6.07) is 10.3. The number of nitrogens with zero attached hydrogens (tertiary/aromatic N) is 3. The van der Waals surface area contributed by atoms with E-state index >= 15 is 0 Å². The first-order valence-electron chi connectivity index (χ1n) is 12.6. The predicted octanol–water partition coefficient (Wildman–Crippen LogP) is 3.88. The number of amides is 1. The summed E-state index contributed by atoms with van der Waals surface area (Å²) in [7, 11) is 0. The van der Waals surface area contributed by atoms with E-state index < -0.39 is 11.4 Å². The highest BCUT2D eigenvalue weighted by Gasteiger charge is 2.28. The average molecular weight is 489 g/mol.